The van der Waals surface area contributed by atoms with Crippen LogP contribution < -0.4 is 0 Å². The molecule has 0 spiro atoms. The Bertz CT molecular complexity index is 458. The van der Waals surface area contributed by atoms with Crippen LogP contribution in [-0.4, -0.2) is 29.9 Å². The van der Waals surface area contributed by atoms with Crippen LogP contribution in [0.5, 0.6) is 0 Å². The highest BCUT2D eigenvalue weighted by molar-refractivity contribution is 5.69. The third kappa shape index (κ3) is 3.84. The predicted octanol–water partition coefficient (Wildman–Crippen LogP) is 2.08. The molecule has 0 bridgehead atoms. The van der Waals surface area contributed by atoms with Crippen molar-refractivity contribution in [1.29, 1.82) is 0 Å². The Hall–Kier alpha value is -2.30. The van der Waals surface area contributed by atoms with E-state index < -0.39 is 6.09 Å². The van der Waals surface area contributed by atoms with Gasteiger partial charge in [0.15, 0.2) is 0 Å². The Labute approximate surface area is 111 Å². The molecule has 1 aliphatic heterocycles. The Morgan fingerprint density at radius 3 is 2.95 bits per heavy atom. The summed E-state index contributed by atoms with van der Waals surface area (Å²) in [6.07, 6.45) is 3.20. The Morgan fingerprint density at radius 1 is 1.42 bits per heavy atom. The molecule has 0 radical (unpaired) electrons. The number of carbonyl (C=O) groups is 2. The highest BCUT2D eigenvalue weighted by atomic mass is 16.6. The normalized spacial score (nSPS) is 17.7. The lowest BCUT2D eigenvalue weighted by molar-refractivity contribution is -0.110. The number of nitrogens with zero attached hydrogens (tertiary/aromatic N) is 1. The molecule has 0 saturated carbocycles. The number of hydrogen-bond donors (Lipinski definition) is 0. The van der Waals surface area contributed by atoms with E-state index in [0.29, 0.717) is 6.54 Å². The second-order valence-corrected chi connectivity index (χ2v) is 4.14. The van der Waals surface area contributed by atoms with E-state index in [1.54, 1.807) is 0 Å². The van der Waals surface area contributed by atoms with Crippen molar-refractivity contribution in [2.75, 3.05) is 6.54 Å². The zero-order chi connectivity index (χ0) is 13.5. The van der Waals surface area contributed by atoms with E-state index in [1.165, 1.54) is 17.4 Å². The first-order valence-electron chi connectivity index (χ1n) is 6.02. The minimum atomic E-state index is -0.445. The fourth-order valence-electron chi connectivity index (χ4n) is 1.72. The number of amides is 1. The summed E-state index contributed by atoms with van der Waals surface area (Å²) in [5.74, 6) is 0. The highest BCUT2D eigenvalue weighted by Crippen LogP contribution is 2.11. The van der Waals surface area contributed by atoms with Gasteiger partial charge in [0, 0.05) is 12.6 Å². The van der Waals surface area contributed by atoms with E-state index in [0.717, 1.165) is 11.8 Å². The molecule has 1 aromatic carbocycles. The van der Waals surface area contributed by atoms with Gasteiger partial charge in [0.25, 0.3) is 0 Å². The Balaban J connectivity index is 1.84. The number of aldehydes is 1. The fourth-order valence-corrected chi connectivity index (χ4v) is 1.72. The third-order valence-corrected chi connectivity index (χ3v) is 2.71. The van der Waals surface area contributed by atoms with Crippen LogP contribution in [0.3, 0.4) is 0 Å². The molecule has 0 N–H and O–H groups in total. The second-order valence-electron chi connectivity index (χ2n) is 4.14. The molecule has 19 heavy (non-hydrogen) atoms. The molecule has 1 amide bonds. The molecule has 100 valence electrons. The lowest BCUT2D eigenvalue weighted by Gasteiger charge is -2.26. The van der Waals surface area contributed by atoms with Gasteiger partial charge in [-0.1, -0.05) is 30.3 Å². The SMILES string of the molecule is O=CCC1CN(C(=O)OCc2ccccc2)C=CO1. The van der Waals surface area contributed by atoms with Crippen molar-refractivity contribution in [3.05, 3.63) is 48.4 Å². The summed E-state index contributed by atoms with van der Waals surface area (Å²) in [7, 11) is 0. The zero-order valence-electron chi connectivity index (χ0n) is 10.4. The lowest BCUT2D eigenvalue weighted by atomic mass is 10.2. The minimum Gasteiger partial charge on any atom is -0.494 e. The van der Waals surface area contributed by atoms with E-state index in [2.05, 4.69) is 0 Å². The van der Waals surface area contributed by atoms with Crippen molar-refractivity contribution in [2.24, 2.45) is 0 Å². The van der Waals surface area contributed by atoms with Crippen molar-refractivity contribution in [1.82, 2.24) is 4.90 Å². The molecular weight excluding hydrogens is 246 g/mol. The third-order valence-electron chi connectivity index (χ3n) is 2.71. The van der Waals surface area contributed by atoms with Gasteiger partial charge < -0.3 is 14.3 Å². The van der Waals surface area contributed by atoms with Gasteiger partial charge in [0.05, 0.1) is 12.8 Å². The largest absolute Gasteiger partial charge is 0.494 e. The van der Waals surface area contributed by atoms with Crippen LogP contribution in [0.4, 0.5) is 4.79 Å². The first-order valence-corrected chi connectivity index (χ1v) is 6.02. The summed E-state index contributed by atoms with van der Waals surface area (Å²) < 4.78 is 10.4. The maximum Gasteiger partial charge on any atom is 0.414 e. The smallest absolute Gasteiger partial charge is 0.414 e. The molecule has 0 aromatic heterocycles. The molecule has 1 aliphatic rings. The summed E-state index contributed by atoms with van der Waals surface area (Å²) in [4.78, 5) is 23.7. The molecule has 0 saturated heterocycles. The number of ether oxygens (including phenoxy) is 2. The van der Waals surface area contributed by atoms with Crippen LogP contribution in [0, 0.1) is 0 Å². The summed E-state index contributed by atoms with van der Waals surface area (Å²) in [5, 5.41) is 0. The van der Waals surface area contributed by atoms with E-state index in [4.69, 9.17) is 9.47 Å². The van der Waals surface area contributed by atoms with Gasteiger partial charge >= 0.3 is 6.09 Å². The van der Waals surface area contributed by atoms with Gasteiger partial charge in [0.2, 0.25) is 0 Å². The first-order chi connectivity index (χ1) is 9.29. The first kappa shape index (κ1) is 13.1. The fraction of sp³-hybridized carbons (Fsp3) is 0.286. The van der Waals surface area contributed by atoms with Crippen LogP contribution >= 0.6 is 0 Å². The molecule has 1 aromatic rings. The van der Waals surface area contributed by atoms with Crippen molar-refractivity contribution in [3.8, 4) is 0 Å². The number of rotatable bonds is 4. The van der Waals surface area contributed by atoms with Crippen molar-refractivity contribution in [2.45, 2.75) is 19.1 Å². The summed E-state index contributed by atoms with van der Waals surface area (Å²) in [6, 6.07) is 9.45. The zero-order valence-corrected chi connectivity index (χ0v) is 10.4. The predicted molar refractivity (Wildman–Crippen MR) is 68.0 cm³/mol. The van der Waals surface area contributed by atoms with Gasteiger partial charge in [-0.15, -0.1) is 0 Å². The van der Waals surface area contributed by atoms with Crippen LogP contribution in [0.2, 0.25) is 0 Å². The second kappa shape index (κ2) is 6.58. The van der Waals surface area contributed by atoms with E-state index in [-0.39, 0.29) is 19.1 Å². The summed E-state index contributed by atoms with van der Waals surface area (Å²) >= 11 is 0. The van der Waals surface area contributed by atoms with Gasteiger partial charge in [-0.25, -0.2) is 4.79 Å². The van der Waals surface area contributed by atoms with Crippen LogP contribution in [0.1, 0.15) is 12.0 Å². The topological polar surface area (TPSA) is 55.8 Å². The average molecular weight is 261 g/mol. The Kier molecular flexibility index (Phi) is 4.55. The van der Waals surface area contributed by atoms with E-state index >= 15 is 0 Å². The Morgan fingerprint density at radius 2 is 2.21 bits per heavy atom. The maximum absolute atomic E-state index is 11.8. The molecule has 2 rings (SSSR count). The highest BCUT2D eigenvalue weighted by Gasteiger charge is 2.22. The molecule has 1 unspecified atom stereocenters. The van der Waals surface area contributed by atoms with Crippen molar-refractivity contribution >= 4 is 12.4 Å². The standard InChI is InChI=1S/C14H15NO4/c16-8-6-13-10-15(7-9-18-13)14(17)19-11-12-4-2-1-3-5-12/h1-5,7-9,13H,6,10-11H2. The molecule has 5 heteroatoms. The van der Waals surface area contributed by atoms with Gasteiger partial charge in [0.1, 0.15) is 19.0 Å². The quantitative estimate of drug-likeness (QED) is 0.779. The van der Waals surface area contributed by atoms with Crippen molar-refractivity contribution < 1.29 is 19.1 Å². The van der Waals surface area contributed by atoms with E-state index in [9.17, 15) is 9.59 Å². The monoisotopic (exact) mass is 261 g/mol. The number of carbonyl (C=O) groups excluding carboxylic acids is 2. The lowest BCUT2D eigenvalue weighted by Crippen LogP contribution is -2.37. The number of benzene rings is 1. The molecule has 1 heterocycles. The van der Waals surface area contributed by atoms with Crippen LogP contribution in [-0.2, 0) is 20.9 Å². The minimum absolute atomic E-state index is 0.225. The molecule has 0 aliphatic carbocycles. The van der Waals surface area contributed by atoms with Gasteiger partial charge in [-0.05, 0) is 5.56 Å². The summed E-state index contributed by atoms with van der Waals surface area (Å²) in [6.45, 7) is 0.548. The molecule has 0 fully saturated rings. The van der Waals surface area contributed by atoms with Crippen LogP contribution in [0.25, 0.3) is 0 Å². The number of hydrogen-bond acceptors (Lipinski definition) is 4. The van der Waals surface area contributed by atoms with Gasteiger partial charge in [-0.2, -0.15) is 0 Å². The van der Waals surface area contributed by atoms with Crippen molar-refractivity contribution in [3.63, 3.8) is 0 Å². The van der Waals surface area contributed by atoms with Crippen LogP contribution in [0.15, 0.2) is 42.8 Å². The molecule has 1 atom stereocenters. The van der Waals surface area contributed by atoms with E-state index in [1.807, 2.05) is 30.3 Å². The van der Waals surface area contributed by atoms with Gasteiger partial charge in [-0.3, -0.25) is 4.90 Å². The molecular formula is C14H15NO4. The molecule has 5 nitrogen and oxygen atoms in total. The average Bonchev–Trinajstić information content (AvgIpc) is 2.46. The maximum atomic E-state index is 11.8. The summed E-state index contributed by atoms with van der Waals surface area (Å²) in [5.41, 5.74) is 0.928.